The Bertz CT molecular complexity index is 412. The van der Waals surface area contributed by atoms with Crippen molar-refractivity contribution in [1.82, 2.24) is 9.59 Å². The van der Waals surface area contributed by atoms with Gasteiger partial charge in [0.25, 0.3) is 0 Å². The highest BCUT2D eigenvalue weighted by Gasteiger charge is 2.30. The van der Waals surface area contributed by atoms with E-state index >= 15 is 0 Å². The summed E-state index contributed by atoms with van der Waals surface area (Å²) in [4.78, 5) is 13.4. The smallest absolute Gasteiger partial charge is 0.179 e. The zero-order valence-corrected chi connectivity index (χ0v) is 12.3. The van der Waals surface area contributed by atoms with Gasteiger partial charge < -0.3 is 0 Å². The van der Waals surface area contributed by atoms with Gasteiger partial charge in [-0.05, 0) is 24.4 Å². The summed E-state index contributed by atoms with van der Waals surface area (Å²) in [6.07, 6.45) is 7.01. The molecule has 18 heavy (non-hydrogen) atoms. The molecule has 1 aliphatic rings. The maximum atomic E-state index is 12.6. The minimum atomic E-state index is -0.0945. The van der Waals surface area contributed by atoms with E-state index in [-0.39, 0.29) is 17.1 Å². The number of hydrogen-bond acceptors (Lipinski definition) is 4. The Labute approximate surface area is 113 Å². The first-order valence-corrected chi connectivity index (χ1v) is 7.64. The van der Waals surface area contributed by atoms with E-state index in [4.69, 9.17) is 0 Å². The van der Waals surface area contributed by atoms with Crippen molar-refractivity contribution >= 4 is 17.3 Å². The maximum Gasteiger partial charge on any atom is 0.179 e. The van der Waals surface area contributed by atoms with Crippen LogP contribution < -0.4 is 0 Å². The lowest BCUT2D eigenvalue weighted by Crippen LogP contribution is -2.20. The second-order valence-electron chi connectivity index (χ2n) is 6.25. The van der Waals surface area contributed by atoms with Crippen LogP contribution in [0.4, 0.5) is 0 Å². The van der Waals surface area contributed by atoms with Crippen molar-refractivity contribution < 1.29 is 4.79 Å². The largest absolute Gasteiger partial charge is 0.293 e. The van der Waals surface area contributed by atoms with E-state index in [9.17, 15) is 4.79 Å². The van der Waals surface area contributed by atoms with Gasteiger partial charge in [0.15, 0.2) is 5.78 Å². The van der Waals surface area contributed by atoms with Gasteiger partial charge in [0.05, 0.1) is 5.69 Å². The summed E-state index contributed by atoms with van der Waals surface area (Å²) < 4.78 is 4.00. The molecule has 0 bridgehead atoms. The number of nitrogens with zero attached hydrogens (tertiary/aromatic N) is 2. The van der Waals surface area contributed by atoms with Crippen LogP contribution in [0.1, 0.15) is 74.7 Å². The Morgan fingerprint density at radius 2 is 1.78 bits per heavy atom. The third-order valence-corrected chi connectivity index (χ3v) is 4.39. The number of aromatic nitrogens is 2. The zero-order chi connectivity index (χ0) is 13.2. The molecule has 0 unspecified atom stereocenters. The Morgan fingerprint density at radius 3 is 2.33 bits per heavy atom. The van der Waals surface area contributed by atoms with Gasteiger partial charge in [-0.3, -0.25) is 4.79 Å². The lowest BCUT2D eigenvalue weighted by Gasteiger charge is -2.18. The van der Waals surface area contributed by atoms with Gasteiger partial charge in [-0.1, -0.05) is 50.9 Å². The van der Waals surface area contributed by atoms with E-state index in [0.717, 1.165) is 23.4 Å². The van der Waals surface area contributed by atoms with E-state index in [1.54, 1.807) is 0 Å². The van der Waals surface area contributed by atoms with Crippen molar-refractivity contribution in [1.29, 1.82) is 0 Å². The van der Waals surface area contributed by atoms with E-state index in [0.29, 0.717) is 0 Å². The highest BCUT2D eigenvalue weighted by molar-refractivity contribution is 7.08. The molecule has 3 nitrogen and oxygen atoms in total. The summed E-state index contributed by atoms with van der Waals surface area (Å²) in [5.74, 6) is 0.493. The molecule has 1 heterocycles. The third-order valence-electron chi connectivity index (χ3n) is 3.65. The van der Waals surface area contributed by atoms with E-state index in [1.165, 1.54) is 37.2 Å². The molecule has 2 rings (SSSR count). The number of hydrogen-bond donors (Lipinski definition) is 0. The van der Waals surface area contributed by atoms with Crippen molar-refractivity contribution in [3.05, 3.63) is 10.6 Å². The van der Waals surface area contributed by atoms with Gasteiger partial charge in [-0.15, -0.1) is 5.10 Å². The Hall–Kier alpha value is -0.770. The number of ketones is 1. The summed E-state index contributed by atoms with van der Waals surface area (Å²) >= 11 is 1.27. The summed E-state index contributed by atoms with van der Waals surface area (Å²) in [6, 6.07) is 0. The molecule has 1 saturated carbocycles. The van der Waals surface area contributed by atoms with Crippen molar-refractivity contribution in [3.8, 4) is 0 Å². The number of carbonyl (C=O) groups excluding carboxylic acids is 1. The Kier molecular flexibility index (Phi) is 4.15. The molecule has 0 radical (unpaired) electrons. The molecule has 0 aromatic carbocycles. The Balaban J connectivity index is 2.20. The summed E-state index contributed by atoms with van der Waals surface area (Å²) in [5.41, 5.74) is 0.782. The van der Waals surface area contributed by atoms with Crippen molar-refractivity contribution in [2.45, 2.75) is 64.7 Å². The predicted octanol–water partition coefficient (Wildman–Crippen LogP) is 3.99. The van der Waals surface area contributed by atoms with Crippen LogP contribution in [-0.4, -0.2) is 15.4 Å². The molecule has 0 atom stereocenters. The Morgan fingerprint density at radius 1 is 1.17 bits per heavy atom. The molecule has 0 amide bonds. The van der Waals surface area contributed by atoms with E-state index < -0.39 is 0 Å². The van der Waals surface area contributed by atoms with Crippen LogP contribution in [0, 0.1) is 5.92 Å². The molecule has 100 valence electrons. The maximum absolute atomic E-state index is 12.6. The van der Waals surface area contributed by atoms with Gasteiger partial charge >= 0.3 is 0 Å². The molecule has 0 spiro atoms. The monoisotopic (exact) mass is 266 g/mol. The van der Waals surface area contributed by atoms with Crippen LogP contribution in [0.2, 0.25) is 0 Å². The molecule has 1 aromatic rings. The standard InChI is InChI=1S/C14H22N2OS/c1-14(2,3)13-12(18-16-15-13)11(17)10-8-6-4-5-7-9-10/h10H,4-9H2,1-3H3. The fourth-order valence-corrected chi connectivity index (χ4v) is 3.46. The number of carbonyl (C=O) groups is 1. The molecule has 4 heteroatoms. The minimum Gasteiger partial charge on any atom is -0.293 e. The lowest BCUT2D eigenvalue weighted by molar-refractivity contribution is 0.0909. The zero-order valence-electron chi connectivity index (χ0n) is 11.5. The third kappa shape index (κ3) is 2.97. The van der Waals surface area contributed by atoms with Crippen LogP contribution >= 0.6 is 11.5 Å². The highest BCUT2D eigenvalue weighted by Crippen LogP contribution is 2.31. The SMILES string of the molecule is CC(C)(C)c1nnsc1C(=O)C1CCCCCC1. The van der Waals surface area contributed by atoms with Crippen molar-refractivity contribution in [2.24, 2.45) is 5.92 Å². The van der Waals surface area contributed by atoms with Crippen LogP contribution in [0.3, 0.4) is 0 Å². The minimum absolute atomic E-state index is 0.0945. The molecule has 1 aliphatic carbocycles. The molecular formula is C14H22N2OS. The lowest BCUT2D eigenvalue weighted by atomic mass is 9.87. The van der Waals surface area contributed by atoms with E-state index in [1.807, 2.05) is 0 Å². The van der Waals surface area contributed by atoms with Crippen LogP contribution in [0.25, 0.3) is 0 Å². The quantitative estimate of drug-likeness (QED) is 0.600. The summed E-state index contributed by atoms with van der Waals surface area (Å²) in [7, 11) is 0. The molecule has 0 aliphatic heterocycles. The van der Waals surface area contributed by atoms with Crippen LogP contribution in [-0.2, 0) is 5.41 Å². The molecule has 1 aromatic heterocycles. The normalized spacial score (nSPS) is 18.6. The van der Waals surface area contributed by atoms with E-state index in [2.05, 4.69) is 30.4 Å². The van der Waals surface area contributed by atoms with Gasteiger partial charge in [0.1, 0.15) is 4.88 Å². The summed E-state index contributed by atoms with van der Waals surface area (Å²) in [5, 5.41) is 4.17. The van der Waals surface area contributed by atoms with Gasteiger partial charge in [-0.25, -0.2) is 0 Å². The average Bonchev–Trinajstić information content (AvgIpc) is 2.64. The van der Waals surface area contributed by atoms with Gasteiger partial charge in [0, 0.05) is 11.3 Å². The molecule has 0 N–H and O–H groups in total. The first-order valence-electron chi connectivity index (χ1n) is 6.87. The summed E-state index contributed by atoms with van der Waals surface area (Å²) in [6.45, 7) is 6.27. The average molecular weight is 266 g/mol. The first-order chi connectivity index (χ1) is 8.50. The topological polar surface area (TPSA) is 42.9 Å². The van der Waals surface area contributed by atoms with Crippen LogP contribution in [0.5, 0.6) is 0 Å². The predicted molar refractivity (Wildman–Crippen MR) is 74.1 cm³/mol. The first kappa shape index (κ1) is 13.7. The molecule has 1 fully saturated rings. The fourth-order valence-electron chi connectivity index (χ4n) is 2.57. The van der Waals surface area contributed by atoms with Crippen molar-refractivity contribution in [3.63, 3.8) is 0 Å². The van der Waals surface area contributed by atoms with Crippen LogP contribution in [0.15, 0.2) is 0 Å². The van der Waals surface area contributed by atoms with Gasteiger partial charge in [-0.2, -0.15) is 0 Å². The second kappa shape index (κ2) is 5.47. The van der Waals surface area contributed by atoms with Crippen molar-refractivity contribution in [2.75, 3.05) is 0 Å². The fraction of sp³-hybridized carbons (Fsp3) is 0.786. The number of Topliss-reactive ketones (excluding diaryl/α,β-unsaturated/α-hetero) is 1. The molecular weight excluding hydrogens is 244 g/mol. The van der Waals surface area contributed by atoms with Gasteiger partial charge in [0.2, 0.25) is 0 Å². The highest BCUT2D eigenvalue weighted by atomic mass is 32.1. The molecule has 0 saturated heterocycles. The second-order valence-corrected chi connectivity index (χ2v) is 7.01. The number of rotatable bonds is 2.